The van der Waals surface area contributed by atoms with Crippen molar-refractivity contribution in [3.05, 3.63) is 35.4 Å². The van der Waals surface area contributed by atoms with Gasteiger partial charge in [-0.2, -0.15) is 9.57 Å². The topological polar surface area (TPSA) is 70.4 Å². The molecule has 1 aliphatic rings. The van der Waals surface area contributed by atoms with Gasteiger partial charge in [-0.15, -0.1) is 0 Å². The van der Waals surface area contributed by atoms with Crippen molar-refractivity contribution in [1.29, 1.82) is 5.26 Å². The number of morpholine rings is 1. The zero-order chi connectivity index (χ0) is 14.8. The molecule has 0 unspecified atom stereocenters. The van der Waals surface area contributed by atoms with Crippen LogP contribution in [0, 0.1) is 11.3 Å². The Kier molecular flexibility index (Phi) is 4.43. The van der Waals surface area contributed by atoms with E-state index in [4.69, 9.17) is 10.00 Å². The molecule has 2 rings (SSSR count). The van der Waals surface area contributed by atoms with E-state index >= 15 is 0 Å². The summed E-state index contributed by atoms with van der Waals surface area (Å²) in [6.45, 7) is 4.53. The van der Waals surface area contributed by atoms with Crippen LogP contribution in [0.1, 0.15) is 25.0 Å². The molecule has 0 N–H and O–H groups in total. The number of rotatable bonds is 3. The molecule has 0 saturated carbocycles. The molecule has 1 aromatic carbocycles. The Bertz CT molecular complexity index is 594. The van der Waals surface area contributed by atoms with Crippen molar-refractivity contribution in [2.45, 2.75) is 31.8 Å². The first-order valence-electron chi connectivity index (χ1n) is 6.53. The fourth-order valence-electron chi connectivity index (χ4n) is 2.34. The number of hydrogen-bond acceptors (Lipinski definition) is 4. The van der Waals surface area contributed by atoms with Crippen LogP contribution in [0.4, 0.5) is 0 Å². The van der Waals surface area contributed by atoms with Gasteiger partial charge in [0.25, 0.3) is 0 Å². The predicted octanol–water partition coefficient (Wildman–Crippen LogP) is 1.50. The molecule has 1 heterocycles. The molecule has 0 bridgehead atoms. The minimum atomic E-state index is -3.35. The second-order valence-electron chi connectivity index (χ2n) is 5.14. The molecule has 6 heteroatoms. The zero-order valence-corrected chi connectivity index (χ0v) is 12.4. The molecule has 0 spiro atoms. The second-order valence-corrected chi connectivity index (χ2v) is 7.11. The van der Waals surface area contributed by atoms with Crippen LogP contribution in [0.25, 0.3) is 0 Å². The highest BCUT2D eigenvalue weighted by Gasteiger charge is 2.30. The number of nitriles is 1. The lowest BCUT2D eigenvalue weighted by molar-refractivity contribution is -0.0441. The van der Waals surface area contributed by atoms with Gasteiger partial charge >= 0.3 is 0 Å². The molecule has 0 amide bonds. The van der Waals surface area contributed by atoms with E-state index in [2.05, 4.69) is 0 Å². The second kappa shape index (κ2) is 5.92. The molecule has 0 aliphatic carbocycles. The first kappa shape index (κ1) is 15.0. The normalized spacial score (nSPS) is 24.2. The molecular formula is C14H18N2O3S. The molecule has 0 aromatic heterocycles. The first-order chi connectivity index (χ1) is 9.40. The maximum absolute atomic E-state index is 12.4. The molecule has 108 valence electrons. The SMILES string of the molecule is C[C@@H]1CN(S(=O)(=O)Cc2ccc(C#N)cc2)C[C@H](C)O1. The van der Waals surface area contributed by atoms with Gasteiger partial charge in [-0.1, -0.05) is 12.1 Å². The van der Waals surface area contributed by atoms with Crippen LogP contribution >= 0.6 is 0 Å². The molecular weight excluding hydrogens is 276 g/mol. The van der Waals surface area contributed by atoms with Crippen LogP contribution in [-0.4, -0.2) is 38.0 Å². The van der Waals surface area contributed by atoms with E-state index in [9.17, 15) is 8.42 Å². The molecule has 0 radical (unpaired) electrons. The van der Waals surface area contributed by atoms with E-state index in [1.807, 2.05) is 19.9 Å². The Morgan fingerprint density at radius 1 is 1.25 bits per heavy atom. The first-order valence-corrected chi connectivity index (χ1v) is 8.14. The number of benzene rings is 1. The molecule has 1 saturated heterocycles. The average molecular weight is 294 g/mol. The Morgan fingerprint density at radius 3 is 2.30 bits per heavy atom. The average Bonchev–Trinajstić information content (AvgIpc) is 2.38. The van der Waals surface area contributed by atoms with Crippen LogP contribution in [-0.2, 0) is 20.5 Å². The molecule has 5 nitrogen and oxygen atoms in total. The summed E-state index contributed by atoms with van der Waals surface area (Å²) in [6, 6.07) is 8.65. The van der Waals surface area contributed by atoms with Gasteiger partial charge in [0.1, 0.15) is 0 Å². The van der Waals surface area contributed by atoms with E-state index < -0.39 is 10.0 Å². The van der Waals surface area contributed by atoms with Gasteiger partial charge in [0, 0.05) is 13.1 Å². The summed E-state index contributed by atoms with van der Waals surface area (Å²) in [5.41, 5.74) is 1.22. The lowest BCUT2D eigenvalue weighted by Gasteiger charge is -2.34. The van der Waals surface area contributed by atoms with E-state index in [0.29, 0.717) is 24.2 Å². The van der Waals surface area contributed by atoms with Crippen molar-refractivity contribution in [3.63, 3.8) is 0 Å². The van der Waals surface area contributed by atoms with Gasteiger partial charge in [-0.3, -0.25) is 0 Å². The van der Waals surface area contributed by atoms with Crippen molar-refractivity contribution >= 4 is 10.0 Å². The lowest BCUT2D eigenvalue weighted by atomic mass is 10.2. The Morgan fingerprint density at radius 2 is 1.80 bits per heavy atom. The van der Waals surface area contributed by atoms with Gasteiger partial charge < -0.3 is 4.74 Å². The van der Waals surface area contributed by atoms with Gasteiger partial charge in [0.15, 0.2) is 0 Å². The fourth-order valence-corrected chi connectivity index (χ4v) is 4.01. The minimum absolute atomic E-state index is 0.0435. The Balaban J connectivity index is 2.12. The van der Waals surface area contributed by atoms with Crippen LogP contribution in [0.5, 0.6) is 0 Å². The summed E-state index contributed by atoms with van der Waals surface area (Å²) in [6.07, 6.45) is -0.177. The highest BCUT2D eigenvalue weighted by molar-refractivity contribution is 7.88. The molecule has 20 heavy (non-hydrogen) atoms. The Labute approximate surface area is 119 Å². The van der Waals surface area contributed by atoms with Gasteiger partial charge in [-0.05, 0) is 31.5 Å². The number of nitrogens with zero attached hydrogens (tertiary/aromatic N) is 2. The van der Waals surface area contributed by atoms with Crippen molar-refractivity contribution < 1.29 is 13.2 Å². The quantitative estimate of drug-likeness (QED) is 0.847. The molecule has 1 aliphatic heterocycles. The van der Waals surface area contributed by atoms with Crippen molar-refractivity contribution in [2.24, 2.45) is 0 Å². The van der Waals surface area contributed by atoms with E-state index in [1.165, 1.54) is 4.31 Å². The lowest BCUT2D eigenvalue weighted by Crippen LogP contribution is -2.48. The number of hydrogen-bond donors (Lipinski definition) is 0. The summed E-state index contributed by atoms with van der Waals surface area (Å²) in [5, 5.41) is 8.73. The van der Waals surface area contributed by atoms with Crippen LogP contribution in [0.3, 0.4) is 0 Å². The summed E-state index contributed by atoms with van der Waals surface area (Å²) in [4.78, 5) is 0. The maximum Gasteiger partial charge on any atom is 0.218 e. The zero-order valence-electron chi connectivity index (χ0n) is 11.6. The summed E-state index contributed by atoms with van der Waals surface area (Å²) in [5.74, 6) is -0.0435. The third-order valence-electron chi connectivity index (χ3n) is 3.21. The fraction of sp³-hybridized carbons (Fsp3) is 0.500. The molecule has 1 fully saturated rings. The minimum Gasteiger partial charge on any atom is -0.373 e. The largest absolute Gasteiger partial charge is 0.373 e. The van der Waals surface area contributed by atoms with E-state index in [-0.39, 0.29) is 18.0 Å². The smallest absolute Gasteiger partial charge is 0.218 e. The standard InChI is InChI=1S/C14H18N2O3S/c1-11-8-16(9-12(2)19-11)20(17,18)10-14-5-3-13(7-15)4-6-14/h3-6,11-12H,8-10H2,1-2H3/t11-,12+. The van der Waals surface area contributed by atoms with Crippen molar-refractivity contribution in [1.82, 2.24) is 4.31 Å². The molecule has 1 aromatic rings. The third-order valence-corrected chi connectivity index (χ3v) is 4.99. The predicted molar refractivity (Wildman–Crippen MR) is 75.4 cm³/mol. The van der Waals surface area contributed by atoms with E-state index in [1.54, 1.807) is 24.3 Å². The Hall–Kier alpha value is -1.42. The van der Waals surface area contributed by atoms with Crippen molar-refractivity contribution in [3.8, 4) is 6.07 Å². The highest BCUT2D eigenvalue weighted by atomic mass is 32.2. The van der Waals surface area contributed by atoms with Crippen molar-refractivity contribution in [2.75, 3.05) is 13.1 Å². The molecule has 2 atom stereocenters. The van der Waals surface area contributed by atoms with Crippen LogP contribution < -0.4 is 0 Å². The van der Waals surface area contributed by atoms with Gasteiger partial charge in [-0.25, -0.2) is 8.42 Å². The number of ether oxygens (including phenoxy) is 1. The summed E-state index contributed by atoms with van der Waals surface area (Å²) < 4.78 is 31.9. The monoisotopic (exact) mass is 294 g/mol. The highest BCUT2D eigenvalue weighted by Crippen LogP contribution is 2.18. The van der Waals surface area contributed by atoms with Gasteiger partial charge in [0.05, 0.1) is 29.6 Å². The maximum atomic E-state index is 12.4. The van der Waals surface area contributed by atoms with E-state index in [0.717, 1.165) is 0 Å². The summed E-state index contributed by atoms with van der Waals surface area (Å²) >= 11 is 0. The number of sulfonamides is 1. The summed E-state index contributed by atoms with van der Waals surface area (Å²) in [7, 11) is -3.35. The van der Waals surface area contributed by atoms with Crippen LogP contribution in [0.15, 0.2) is 24.3 Å². The third kappa shape index (κ3) is 3.57. The van der Waals surface area contributed by atoms with Crippen LogP contribution in [0.2, 0.25) is 0 Å². The van der Waals surface area contributed by atoms with Gasteiger partial charge in [0.2, 0.25) is 10.0 Å².